The normalized spacial score (nSPS) is 11.4. The quantitative estimate of drug-likeness (QED) is 0.806. The van der Waals surface area contributed by atoms with Crippen LogP contribution in [0.15, 0.2) is 34.9 Å². The van der Waals surface area contributed by atoms with E-state index in [1.54, 1.807) is 30.9 Å². The highest BCUT2D eigenvalue weighted by atomic mass is 19.1. The summed E-state index contributed by atoms with van der Waals surface area (Å²) < 4.78 is 18.3. The minimum Gasteiger partial charge on any atom is -0.444 e. The lowest BCUT2D eigenvalue weighted by atomic mass is 10.1. The number of oxazole rings is 1. The number of aliphatic hydroxyl groups is 1. The first-order valence-electron chi connectivity index (χ1n) is 8.24. The Bertz CT molecular complexity index is 692. The summed E-state index contributed by atoms with van der Waals surface area (Å²) in [5.41, 5.74) is 0.452. The monoisotopic (exact) mass is 349 g/mol. The van der Waals surface area contributed by atoms with Crippen LogP contribution >= 0.6 is 0 Å². The van der Waals surface area contributed by atoms with E-state index < -0.39 is 5.60 Å². The predicted octanol–water partition coefficient (Wildman–Crippen LogP) is 2.83. The molecule has 0 radical (unpaired) electrons. The number of amides is 2. The number of likely N-dealkylation sites (N-methyl/N-ethyl adjacent to an activating group) is 1. The van der Waals surface area contributed by atoms with Gasteiger partial charge in [-0.3, -0.25) is 0 Å². The fourth-order valence-corrected chi connectivity index (χ4v) is 2.35. The molecule has 2 amide bonds. The van der Waals surface area contributed by atoms with E-state index >= 15 is 0 Å². The highest BCUT2D eigenvalue weighted by Gasteiger charge is 2.21. The first-order valence-corrected chi connectivity index (χ1v) is 8.24. The zero-order chi connectivity index (χ0) is 18.4. The van der Waals surface area contributed by atoms with E-state index in [1.807, 2.05) is 6.92 Å². The molecule has 2 rings (SSSR count). The number of benzene rings is 1. The van der Waals surface area contributed by atoms with Crippen molar-refractivity contribution in [1.29, 1.82) is 0 Å². The summed E-state index contributed by atoms with van der Waals surface area (Å²) in [7, 11) is 0. The van der Waals surface area contributed by atoms with Crippen LogP contribution < -0.4 is 5.32 Å². The molecule has 0 bridgehead atoms. The van der Waals surface area contributed by atoms with Crippen molar-refractivity contribution in [2.24, 2.45) is 0 Å². The van der Waals surface area contributed by atoms with Crippen molar-refractivity contribution < 1.29 is 18.7 Å². The van der Waals surface area contributed by atoms with Crippen LogP contribution in [0, 0.1) is 5.82 Å². The average Bonchev–Trinajstić information content (AvgIpc) is 3.01. The third-order valence-corrected chi connectivity index (χ3v) is 3.55. The molecule has 136 valence electrons. The lowest BCUT2D eigenvalue weighted by Gasteiger charge is -2.28. The summed E-state index contributed by atoms with van der Waals surface area (Å²) >= 11 is 0. The first-order chi connectivity index (χ1) is 11.8. The smallest absolute Gasteiger partial charge is 0.317 e. The number of carbonyl (C=O) groups excluding carboxylic acids is 1. The summed E-state index contributed by atoms with van der Waals surface area (Å²) in [6.45, 7) is 6.35. The zero-order valence-electron chi connectivity index (χ0n) is 14.8. The Balaban J connectivity index is 1.85. The van der Waals surface area contributed by atoms with Gasteiger partial charge >= 0.3 is 6.03 Å². The van der Waals surface area contributed by atoms with Gasteiger partial charge in [-0.05, 0) is 45.0 Å². The van der Waals surface area contributed by atoms with Gasteiger partial charge in [0, 0.05) is 25.1 Å². The molecular formula is C18H24FN3O3. The average molecular weight is 349 g/mol. The first kappa shape index (κ1) is 18.9. The van der Waals surface area contributed by atoms with Gasteiger partial charge in [0.15, 0.2) is 0 Å². The largest absolute Gasteiger partial charge is 0.444 e. The van der Waals surface area contributed by atoms with Crippen LogP contribution in [0.25, 0.3) is 11.5 Å². The molecule has 1 heterocycles. The predicted molar refractivity (Wildman–Crippen MR) is 92.5 cm³/mol. The van der Waals surface area contributed by atoms with Crippen LogP contribution in [0.4, 0.5) is 9.18 Å². The van der Waals surface area contributed by atoms with Gasteiger partial charge in [-0.2, -0.15) is 0 Å². The summed E-state index contributed by atoms with van der Waals surface area (Å²) in [6.07, 6.45) is 2.04. The van der Waals surface area contributed by atoms with Crippen molar-refractivity contribution in [2.75, 3.05) is 19.6 Å². The second-order valence-corrected chi connectivity index (χ2v) is 6.46. The molecule has 0 aliphatic rings. The molecule has 0 aliphatic carbocycles. The van der Waals surface area contributed by atoms with Crippen LogP contribution in [-0.2, 0) is 6.42 Å². The van der Waals surface area contributed by atoms with Crippen molar-refractivity contribution in [3.05, 3.63) is 42.0 Å². The van der Waals surface area contributed by atoms with Gasteiger partial charge in [0.1, 0.15) is 12.1 Å². The van der Waals surface area contributed by atoms with Crippen LogP contribution in [0.1, 0.15) is 26.5 Å². The molecule has 2 aromatic rings. The number of carbonyl (C=O) groups is 1. The molecule has 0 saturated heterocycles. The number of urea groups is 1. The summed E-state index contributed by atoms with van der Waals surface area (Å²) in [6, 6.07) is 5.67. The number of rotatable bonds is 7. The second kappa shape index (κ2) is 8.11. The molecule has 0 spiro atoms. The fraction of sp³-hybridized carbons (Fsp3) is 0.444. The van der Waals surface area contributed by atoms with E-state index in [4.69, 9.17) is 4.42 Å². The summed E-state index contributed by atoms with van der Waals surface area (Å²) in [4.78, 5) is 18.0. The molecule has 0 fully saturated rings. The van der Waals surface area contributed by atoms with E-state index in [-0.39, 0.29) is 18.4 Å². The van der Waals surface area contributed by atoms with Crippen LogP contribution in [-0.4, -0.2) is 46.3 Å². The number of nitrogens with zero attached hydrogens (tertiary/aromatic N) is 2. The number of hydrogen-bond acceptors (Lipinski definition) is 4. The minimum absolute atomic E-state index is 0.230. The molecule has 1 aromatic carbocycles. The van der Waals surface area contributed by atoms with Crippen molar-refractivity contribution in [3.8, 4) is 11.5 Å². The minimum atomic E-state index is -0.941. The van der Waals surface area contributed by atoms with Crippen LogP contribution in [0.3, 0.4) is 0 Å². The molecule has 0 unspecified atom stereocenters. The Hall–Kier alpha value is -2.41. The Labute approximate surface area is 146 Å². The zero-order valence-corrected chi connectivity index (χ0v) is 14.8. The van der Waals surface area contributed by atoms with E-state index in [1.165, 1.54) is 18.4 Å². The van der Waals surface area contributed by atoms with Crippen molar-refractivity contribution in [1.82, 2.24) is 15.2 Å². The molecule has 2 N–H and O–H groups in total. The number of nitrogens with one attached hydrogen (secondary N) is 1. The van der Waals surface area contributed by atoms with Crippen LogP contribution in [0.2, 0.25) is 0 Å². The van der Waals surface area contributed by atoms with E-state index in [9.17, 15) is 14.3 Å². The van der Waals surface area contributed by atoms with Crippen LogP contribution in [0.5, 0.6) is 0 Å². The molecular weight excluding hydrogens is 325 g/mol. The molecule has 0 atom stereocenters. The topological polar surface area (TPSA) is 78.6 Å². The van der Waals surface area contributed by atoms with Gasteiger partial charge in [-0.25, -0.2) is 14.2 Å². The maximum atomic E-state index is 12.9. The van der Waals surface area contributed by atoms with E-state index in [0.29, 0.717) is 36.7 Å². The van der Waals surface area contributed by atoms with Crippen molar-refractivity contribution in [2.45, 2.75) is 32.8 Å². The Kier molecular flexibility index (Phi) is 6.14. The Morgan fingerprint density at radius 1 is 1.36 bits per heavy atom. The number of hydrogen-bond donors (Lipinski definition) is 2. The van der Waals surface area contributed by atoms with Gasteiger partial charge in [-0.15, -0.1) is 0 Å². The van der Waals surface area contributed by atoms with Gasteiger partial charge in [-0.1, -0.05) is 0 Å². The number of halogens is 1. The van der Waals surface area contributed by atoms with E-state index in [0.717, 1.165) is 0 Å². The molecule has 6 nitrogen and oxygen atoms in total. The van der Waals surface area contributed by atoms with Crippen molar-refractivity contribution in [3.63, 3.8) is 0 Å². The maximum Gasteiger partial charge on any atom is 0.317 e. The highest BCUT2D eigenvalue weighted by Crippen LogP contribution is 2.19. The Morgan fingerprint density at radius 3 is 2.64 bits per heavy atom. The van der Waals surface area contributed by atoms with Gasteiger partial charge < -0.3 is 19.7 Å². The molecule has 25 heavy (non-hydrogen) atoms. The third-order valence-electron chi connectivity index (χ3n) is 3.55. The molecule has 1 aromatic heterocycles. The number of aromatic nitrogens is 1. The molecule has 0 saturated carbocycles. The lowest BCUT2D eigenvalue weighted by molar-refractivity contribution is 0.0480. The standard InChI is InChI=1S/C18H24FN3O3/c1-4-22(12-18(2,3)24)17(23)20-10-9-15-11-25-16(21-15)13-5-7-14(19)8-6-13/h5-8,11,24H,4,9-10,12H2,1-3H3,(H,20,23). The fourth-order valence-electron chi connectivity index (χ4n) is 2.35. The third kappa shape index (κ3) is 5.86. The SMILES string of the molecule is CCN(CC(C)(C)O)C(=O)NCCc1coc(-c2ccc(F)cc2)n1. The lowest BCUT2D eigenvalue weighted by Crippen LogP contribution is -2.47. The second-order valence-electron chi connectivity index (χ2n) is 6.46. The van der Waals surface area contributed by atoms with Gasteiger partial charge in [0.2, 0.25) is 5.89 Å². The molecule has 0 aliphatic heterocycles. The highest BCUT2D eigenvalue weighted by molar-refractivity contribution is 5.74. The van der Waals surface area contributed by atoms with Crippen molar-refractivity contribution >= 4 is 6.03 Å². The van der Waals surface area contributed by atoms with Gasteiger partial charge in [0.25, 0.3) is 0 Å². The Morgan fingerprint density at radius 2 is 2.04 bits per heavy atom. The summed E-state index contributed by atoms with van der Waals surface area (Å²) in [5.74, 6) is 0.100. The van der Waals surface area contributed by atoms with Gasteiger partial charge in [0.05, 0.1) is 17.8 Å². The summed E-state index contributed by atoms with van der Waals surface area (Å²) in [5, 5.41) is 12.6. The van der Waals surface area contributed by atoms with E-state index in [2.05, 4.69) is 10.3 Å². The maximum absolute atomic E-state index is 12.9. The molecule has 7 heteroatoms.